The first-order chi connectivity index (χ1) is 11.6. The quantitative estimate of drug-likeness (QED) is 0.482. The van der Waals surface area contributed by atoms with Crippen molar-refractivity contribution in [1.29, 1.82) is 0 Å². The van der Waals surface area contributed by atoms with E-state index in [0.717, 1.165) is 35.4 Å². The second kappa shape index (κ2) is 6.79. The van der Waals surface area contributed by atoms with Gasteiger partial charge in [0.25, 0.3) is 5.91 Å². The van der Waals surface area contributed by atoms with Crippen LogP contribution in [0.25, 0.3) is 0 Å². The Morgan fingerprint density at radius 2 is 2.04 bits per heavy atom. The Labute approximate surface area is 141 Å². The van der Waals surface area contributed by atoms with Crippen LogP contribution >= 0.6 is 11.3 Å². The molecular weight excluding hydrogens is 332 g/mol. The molecule has 0 spiro atoms. The third-order valence-electron chi connectivity index (χ3n) is 3.71. The van der Waals surface area contributed by atoms with E-state index < -0.39 is 17.5 Å². The minimum absolute atomic E-state index is 0.105. The molecule has 1 amide bonds. The lowest BCUT2D eigenvalue weighted by Crippen LogP contribution is -2.38. The summed E-state index contributed by atoms with van der Waals surface area (Å²) in [5.74, 6) is -1.03. The summed E-state index contributed by atoms with van der Waals surface area (Å²) < 4.78 is 5.01. The number of amides is 1. The third-order valence-corrected chi connectivity index (χ3v) is 4.73. The normalized spacial score (nSPS) is 13.2. The first-order valence-electron chi connectivity index (χ1n) is 7.36. The van der Waals surface area contributed by atoms with E-state index in [1.54, 1.807) is 4.90 Å². The molecule has 0 saturated heterocycles. The van der Waals surface area contributed by atoms with Crippen molar-refractivity contribution in [2.75, 3.05) is 18.1 Å². The Kier molecular flexibility index (Phi) is 4.57. The van der Waals surface area contributed by atoms with Crippen LogP contribution in [0, 0.1) is 10.1 Å². The number of ether oxygens (including phenoxy) is 1. The molecule has 1 aromatic carbocycles. The number of esters is 1. The fourth-order valence-electron chi connectivity index (χ4n) is 2.60. The Bertz CT molecular complexity index is 801. The van der Waals surface area contributed by atoms with E-state index in [1.165, 1.54) is 12.1 Å². The van der Waals surface area contributed by atoms with Crippen LogP contribution < -0.4 is 4.90 Å². The molecule has 0 fully saturated rings. The fourth-order valence-corrected chi connectivity index (χ4v) is 3.32. The zero-order chi connectivity index (χ0) is 17.1. The molecule has 0 radical (unpaired) electrons. The minimum atomic E-state index is -0.730. The van der Waals surface area contributed by atoms with Crippen molar-refractivity contribution in [2.45, 2.75) is 12.8 Å². The predicted molar refractivity (Wildman–Crippen MR) is 88.4 cm³/mol. The van der Waals surface area contributed by atoms with E-state index in [2.05, 4.69) is 0 Å². The average molecular weight is 346 g/mol. The number of carbonyl (C=O) groups is 2. The molecule has 124 valence electrons. The summed E-state index contributed by atoms with van der Waals surface area (Å²) in [4.78, 5) is 36.0. The lowest BCUT2D eigenvalue weighted by molar-refractivity contribution is -0.380. The summed E-state index contributed by atoms with van der Waals surface area (Å²) in [6.45, 7) is 0.191. The third kappa shape index (κ3) is 3.28. The van der Waals surface area contributed by atoms with Crippen molar-refractivity contribution in [3.8, 4) is 0 Å². The van der Waals surface area contributed by atoms with E-state index in [1.807, 2.05) is 24.3 Å². The van der Waals surface area contributed by atoms with Gasteiger partial charge in [-0.05, 0) is 30.5 Å². The summed E-state index contributed by atoms with van der Waals surface area (Å²) in [6.07, 6.45) is 1.77. The molecule has 0 atom stereocenters. The number of carbonyl (C=O) groups excluding carboxylic acids is 2. The number of anilines is 1. The largest absolute Gasteiger partial charge is 0.451 e. The SMILES string of the molecule is O=C(OCC(=O)N1CCCc2ccccc21)c1ccc([N+](=O)[O-])s1. The smallest absolute Gasteiger partial charge is 0.349 e. The van der Waals surface area contributed by atoms with Gasteiger partial charge in [0.05, 0.1) is 4.92 Å². The zero-order valence-electron chi connectivity index (χ0n) is 12.6. The van der Waals surface area contributed by atoms with Gasteiger partial charge in [0.1, 0.15) is 4.88 Å². The van der Waals surface area contributed by atoms with Gasteiger partial charge >= 0.3 is 11.0 Å². The van der Waals surface area contributed by atoms with Crippen LogP contribution in [0.2, 0.25) is 0 Å². The van der Waals surface area contributed by atoms with Crippen molar-refractivity contribution in [3.63, 3.8) is 0 Å². The van der Waals surface area contributed by atoms with E-state index in [0.29, 0.717) is 6.54 Å². The Morgan fingerprint density at radius 3 is 2.79 bits per heavy atom. The summed E-state index contributed by atoms with van der Waals surface area (Å²) in [6, 6.07) is 10.2. The molecule has 0 saturated carbocycles. The number of thiophene rings is 1. The zero-order valence-corrected chi connectivity index (χ0v) is 13.5. The maximum atomic E-state index is 12.4. The standard InChI is InChI=1S/C16H14N2O5S/c19-14(17-9-3-5-11-4-1-2-6-12(11)17)10-23-16(20)13-7-8-15(24-13)18(21)22/h1-2,4,6-8H,3,5,9-10H2. The molecule has 2 aromatic rings. The minimum Gasteiger partial charge on any atom is -0.451 e. The molecule has 3 rings (SSSR count). The van der Waals surface area contributed by atoms with Crippen molar-refractivity contribution < 1.29 is 19.2 Å². The number of para-hydroxylation sites is 1. The van der Waals surface area contributed by atoms with Crippen LogP contribution in [0.4, 0.5) is 10.7 Å². The van der Waals surface area contributed by atoms with Crippen LogP contribution in [0.5, 0.6) is 0 Å². The van der Waals surface area contributed by atoms with Crippen molar-refractivity contribution in [3.05, 3.63) is 57.0 Å². The molecule has 1 aromatic heterocycles. The second-order valence-corrected chi connectivity index (χ2v) is 6.31. The first-order valence-corrected chi connectivity index (χ1v) is 8.17. The molecule has 0 N–H and O–H groups in total. The molecule has 2 heterocycles. The molecule has 0 unspecified atom stereocenters. The lowest BCUT2D eigenvalue weighted by atomic mass is 10.0. The monoisotopic (exact) mass is 346 g/mol. The highest BCUT2D eigenvalue weighted by molar-refractivity contribution is 7.17. The Balaban J connectivity index is 1.63. The second-order valence-electron chi connectivity index (χ2n) is 5.25. The predicted octanol–water partition coefficient (Wildman–Crippen LogP) is 2.79. The molecule has 0 bridgehead atoms. The van der Waals surface area contributed by atoms with Gasteiger partial charge in [-0.25, -0.2) is 4.79 Å². The van der Waals surface area contributed by atoms with Crippen LogP contribution in [0.15, 0.2) is 36.4 Å². The van der Waals surface area contributed by atoms with E-state index in [9.17, 15) is 19.7 Å². The molecule has 0 aliphatic carbocycles. The molecule has 7 nitrogen and oxygen atoms in total. The molecule has 24 heavy (non-hydrogen) atoms. The number of benzene rings is 1. The highest BCUT2D eigenvalue weighted by Crippen LogP contribution is 2.27. The van der Waals surface area contributed by atoms with E-state index in [4.69, 9.17) is 4.74 Å². The van der Waals surface area contributed by atoms with Gasteiger partial charge in [0, 0.05) is 18.3 Å². The Morgan fingerprint density at radius 1 is 1.25 bits per heavy atom. The number of nitro groups is 1. The molecule has 1 aliphatic rings. The molecule has 1 aliphatic heterocycles. The topological polar surface area (TPSA) is 89.8 Å². The van der Waals surface area contributed by atoms with Gasteiger partial charge in [-0.1, -0.05) is 29.5 Å². The van der Waals surface area contributed by atoms with Gasteiger partial charge in [0.2, 0.25) is 0 Å². The molecule has 8 heteroatoms. The van der Waals surface area contributed by atoms with Crippen LogP contribution in [-0.4, -0.2) is 30.0 Å². The van der Waals surface area contributed by atoms with Gasteiger partial charge in [-0.15, -0.1) is 0 Å². The Hall–Kier alpha value is -2.74. The highest BCUT2D eigenvalue weighted by Gasteiger charge is 2.24. The van der Waals surface area contributed by atoms with Crippen LogP contribution in [0.1, 0.15) is 21.7 Å². The number of nitrogens with zero attached hydrogens (tertiary/aromatic N) is 2. The maximum absolute atomic E-state index is 12.4. The number of aryl methyl sites for hydroxylation is 1. The van der Waals surface area contributed by atoms with E-state index in [-0.39, 0.29) is 15.8 Å². The maximum Gasteiger partial charge on any atom is 0.349 e. The van der Waals surface area contributed by atoms with Gasteiger partial charge < -0.3 is 9.64 Å². The lowest BCUT2D eigenvalue weighted by Gasteiger charge is -2.29. The van der Waals surface area contributed by atoms with Gasteiger partial charge in [0.15, 0.2) is 6.61 Å². The van der Waals surface area contributed by atoms with Gasteiger partial charge in [-0.2, -0.15) is 0 Å². The highest BCUT2D eigenvalue weighted by atomic mass is 32.1. The number of fused-ring (bicyclic) bond motifs is 1. The summed E-state index contributed by atoms with van der Waals surface area (Å²) in [7, 11) is 0. The van der Waals surface area contributed by atoms with Crippen LogP contribution in [0.3, 0.4) is 0 Å². The van der Waals surface area contributed by atoms with Crippen LogP contribution in [-0.2, 0) is 16.0 Å². The van der Waals surface area contributed by atoms with Crippen molar-refractivity contribution in [2.24, 2.45) is 0 Å². The number of hydrogen-bond acceptors (Lipinski definition) is 6. The summed E-state index contributed by atoms with van der Waals surface area (Å²) >= 11 is 0.726. The average Bonchev–Trinajstić information content (AvgIpc) is 3.09. The summed E-state index contributed by atoms with van der Waals surface area (Å²) in [5, 5.41) is 10.5. The van der Waals surface area contributed by atoms with Crippen molar-refractivity contribution >= 4 is 33.9 Å². The summed E-state index contributed by atoms with van der Waals surface area (Å²) in [5.41, 5.74) is 1.94. The van der Waals surface area contributed by atoms with Gasteiger partial charge in [-0.3, -0.25) is 14.9 Å². The fraction of sp³-hybridized carbons (Fsp3) is 0.250. The first kappa shape index (κ1) is 16.1. The molecular formula is C16H14N2O5S. The number of rotatable bonds is 4. The number of hydrogen-bond donors (Lipinski definition) is 0. The van der Waals surface area contributed by atoms with E-state index >= 15 is 0 Å². The van der Waals surface area contributed by atoms with Crippen molar-refractivity contribution in [1.82, 2.24) is 0 Å².